The molecule has 1 aromatic rings. The normalized spacial score (nSPS) is 21.4. The average molecular weight is 299 g/mol. The largest absolute Gasteiger partial charge is 0.480 e. The van der Waals surface area contributed by atoms with Crippen LogP contribution >= 0.6 is 0 Å². The van der Waals surface area contributed by atoms with Gasteiger partial charge < -0.3 is 14.7 Å². The molecule has 0 aromatic heterocycles. The highest BCUT2D eigenvalue weighted by atomic mass is 19.1. The highest BCUT2D eigenvalue weighted by Gasteiger charge is 2.43. The lowest BCUT2D eigenvalue weighted by molar-refractivity contribution is -0.177. The predicted octanol–water partition coefficient (Wildman–Crippen LogP) is 1.73. The maximum atomic E-state index is 13.3. The van der Waals surface area contributed by atoms with Crippen molar-refractivity contribution in [2.45, 2.75) is 25.5 Å². The fourth-order valence-electron chi connectivity index (χ4n) is 2.30. The Labute approximate surface area is 120 Å². The van der Waals surface area contributed by atoms with E-state index in [1.165, 1.54) is 13.8 Å². The molecule has 0 aliphatic carbocycles. The van der Waals surface area contributed by atoms with Crippen molar-refractivity contribution in [3.8, 4) is 0 Å². The van der Waals surface area contributed by atoms with Gasteiger partial charge in [-0.05, 0) is 31.5 Å². The Balaban J connectivity index is 2.40. The van der Waals surface area contributed by atoms with Gasteiger partial charge in [0, 0.05) is 6.07 Å². The lowest BCUT2D eigenvalue weighted by atomic mass is 9.98. The summed E-state index contributed by atoms with van der Waals surface area (Å²) in [6.45, 7) is 2.45. The van der Waals surface area contributed by atoms with Crippen molar-refractivity contribution in [2.24, 2.45) is 0 Å². The van der Waals surface area contributed by atoms with Crippen molar-refractivity contribution in [3.05, 3.63) is 35.4 Å². The molecule has 0 radical (unpaired) electrons. The fourth-order valence-corrected chi connectivity index (χ4v) is 2.30. The number of aliphatic carboxylic acids is 1. The van der Waals surface area contributed by atoms with Crippen LogP contribution in [0.2, 0.25) is 0 Å². The number of hydrogen-bond acceptors (Lipinski definition) is 3. The lowest BCUT2D eigenvalue weighted by Crippen LogP contribution is -2.56. The molecule has 114 valence electrons. The number of benzene rings is 1. The Bertz CT molecular complexity index is 568. The number of amides is 1. The molecule has 1 saturated heterocycles. The molecule has 1 heterocycles. The summed E-state index contributed by atoms with van der Waals surface area (Å²) >= 11 is 0. The Hall–Kier alpha value is -2.02. The van der Waals surface area contributed by atoms with E-state index in [0.717, 1.165) is 17.0 Å². The van der Waals surface area contributed by atoms with Crippen molar-refractivity contribution < 1.29 is 28.2 Å². The quantitative estimate of drug-likeness (QED) is 0.923. The van der Waals surface area contributed by atoms with Crippen LogP contribution in [0, 0.1) is 11.6 Å². The van der Waals surface area contributed by atoms with Gasteiger partial charge in [-0.1, -0.05) is 0 Å². The summed E-state index contributed by atoms with van der Waals surface area (Å²) < 4.78 is 32.0. The van der Waals surface area contributed by atoms with Gasteiger partial charge in [-0.25, -0.2) is 8.78 Å². The topological polar surface area (TPSA) is 66.8 Å². The van der Waals surface area contributed by atoms with E-state index in [-0.39, 0.29) is 12.2 Å². The summed E-state index contributed by atoms with van der Waals surface area (Å²) in [5.74, 6) is -3.33. The van der Waals surface area contributed by atoms with E-state index in [1.54, 1.807) is 0 Å². The molecule has 5 nitrogen and oxygen atoms in total. The van der Waals surface area contributed by atoms with Crippen LogP contribution < -0.4 is 0 Å². The zero-order chi connectivity index (χ0) is 15.8. The maximum Gasteiger partial charge on any atom is 0.323 e. The molecule has 1 aliphatic heterocycles. The summed E-state index contributed by atoms with van der Waals surface area (Å²) in [6, 6.07) is 2.00. The first-order valence-corrected chi connectivity index (χ1v) is 6.33. The molecule has 21 heavy (non-hydrogen) atoms. The maximum absolute atomic E-state index is 13.3. The highest BCUT2D eigenvalue weighted by Crippen LogP contribution is 2.32. The Morgan fingerprint density at radius 2 is 1.95 bits per heavy atom. The third-order valence-electron chi connectivity index (χ3n) is 3.33. The van der Waals surface area contributed by atoms with Crippen LogP contribution in [-0.4, -0.2) is 40.6 Å². The Morgan fingerprint density at radius 3 is 2.48 bits per heavy atom. The minimum Gasteiger partial charge on any atom is -0.480 e. The van der Waals surface area contributed by atoms with Crippen molar-refractivity contribution in [1.82, 2.24) is 4.90 Å². The smallest absolute Gasteiger partial charge is 0.323 e. The van der Waals surface area contributed by atoms with Gasteiger partial charge in [0.25, 0.3) is 5.91 Å². The number of carbonyl (C=O) groups is 2. The third kappa shape index (κ3) is 3.18. The van der Waals surface area contributed by atoms with Crippen molar-refractivity contribution >= 4 is 11.9 Å². The van der Waals surface area contributed by atoms with Crippen LogP contribution in [0.5, 0.6) is 0 Å². The van der Waals surface area contributed by atoms with Crippen LogP contribution in [-0.2, 0) is 14.3 Å². The van der Waals surface area contributed by atoms with Crippen LogP contribution in [0.15, 0.2) is 18.2 Å². The number of carbonyl (C=O) groups excluding carboxylic acids is 1. The molecule has 1 aromatic carbocycles. The first kappa shape index (κ1) is 15.4. The van der Waals surface area contributed by atoms with Gasteiger partial charge >= 0.3 is 5.97 Å². The van der Waals surface area contributed by atoms with Gasteiger partial charge in [-0.15, -0.1) is 0 Å². The van der Waals surface area contributed by atoms with Crippen LogP contribution in [0.3, 0.4) is 0 Å². The Morgan fingerprint density at radius 1 is 1.38 bits per heavy atom. The second kappa shape index (κ2) is 5.40. The zero-order valence-electron chi connectivity index (χ0n) is 11.6. The molecule has 1 atom stereocenters. The van der Waals surface area contributed by atoms with Crippen LogP contribution in [0.1, 0.15) is 25.5 Å². The highest BCUT2D eigenvalue weighted by molar-refractivity contribution is 5.88. The number of carboxylic acid groups (broad SMARTS) is 1. The van der Waals surface area contributed by atoms with E-state index < -0.39 is 41.7 Å². The molecule has 1 aliphatic rings. The SMILES string of the molecule is CC1(C)OC[C@@H](c2cc(F)cc(F)c2)N(CC(=O)O)C1=O. The van der Waals surface area contributed by atoms with E-state index in [4.69, 9.17) is 9.84 Å². The van der Waals surface area contributed by atoms with Crippen molar-refractivity contribution in [2.75, 3.05) is 13.2 Å². The summed E-state index contributed by atoms with van der Waals surface area (Å²) in [5, 5.41) is 8.94. The van der Waals surface area contributed by atoms with Crippen LogP contribution in [0.4, 0.5) is 8.78 Å². The van der Waals surface area contributed by atoms with Gasteiger partial charge in [-0.3, -0.25) is 9.59 Å². The predicted molar refractivity (Wildman–Crippen MR) is 68.5 cm³/mol. The van der Waals surface area contributed by atoms with Gasteiger partial charge in [-0.2, -0.15) is 0 Å². The van der Waals surface area contributed by atoms with Crippen molar-refractivity contribution in [3.63, 3.8) is 0 Å². The summed E-state index contributed by atoms with van der Waals surface area (Å²) in [5.41, 5.74) is -1.00. The molecule has 0 spiro atoms. The minimum atomic E-state index is -1.21. The second-order valence-corrected chi connectivity index (χ2v) is 5.37. The molecule has 0 saturated carbocycles. The van der Waals surface area contributed by atoms with Gasteiger partial charge in [0.1, 0.15) is 23.8 Å². The molecule has 1 N–H and O–H groups in total. The van der Waals surface area contributed by atoms with Gasteiger partial charge in [0.05, 0.1) is 12.6 Å². The summed E-state index contributed by atoms with van der Waals surface area (Å²) in [4.78, 5) is 24.3. The minimum absolute atomic E-state index is 0.0328. The number of carboxylic acids is 1. The zero-order valence-corrected chi connectivity index (χ0v) is 11.6. The number of ether oxygens (including phenoxy) is 1. The molecule has 2 rings (SSSR count). The molecule has 1 amide bonds. The van der Waals surface area contributed by atoms with E-state index in [1.807, 2.05) is 0 Å². The van der Waals surface area contributed by atoms with Crippen LogP contribution in [0.25, 0.3) is 0 Å². The fraction of sp³-hybridized carbons (Fsp3) is 0.429. The Kier molecular flexibility index (Phi) is 3.95. The summed E-state index contributed by atoms with van der Waals surface area (Å²) in [7, 11) is 0. The number of halogens is 2. The lowest BCUT2D eigenvalue weighted by Gasteiger charge is -2.42. The monoisotopic (exact) mass is 299 g/mol. The molecular weight excluding hydrogens is 284 g/mol. The van der Waals surface area contributed by atoms with Crippen molar-refractivity contribution in [1.29, 1.82) is 0 Å². The van der Waals surface area contributed by atoms with Gasteiger partial charge in [0.2, 0.25) is 0 Å². The van der Waals surface area contributed by atoms with E-state index in [9.17, 15) is 18.4 Å². The third-order valence-corrected chi connectivity index (χ3v) is 3.33. The average Bonchev–Trinajstić information content (AvgIpc) is 2.33. The molecular formula is C14H15F2NO4. The first-order valence-electron chi connectivity index (χ1n) is 6.33. The first-order chi connectivity index (χ1) is 9.70. The van der Waals surface area contributed by atoms with Gasteiger partial charge in [0.15, 0.2) is 0 Å². The van der Waals surface area contributed by atoms with E-state index in [2.05, 4.69) is 0 Å². The number of morpholine rings is 1. The summed E-state index contributed by atoms with van der Waals surface area (Å²) in [6.07, 6.45) is 0. The molecule has 1 fully saturated rings. The number of rotatable bonds is 3. The number of nitrogens with zero attached hydrogens (tertiary/aromatic N) is 1. The van der Waals surface area contributed by atoms with E-state index in [0.29, 0.717) is 6.07 Å². The molecule has 0 unspecified atom stereocenters. The number of hydrogen-bond donors (Lipinski definition) is 1. The van der Waals surface area contributed by atoms with E-state index >= 15 is 0 Å². The molecule has 0 bridgehead atoms. The second-order valence-electron chi connectivity index (χ2n) is 5.37. The molecule has 7 heteroatoms. The standard InChI is InChI=1S/C14H15F2NO4/c1-14(2)13(20)17(6-12(18)19)11(7-21-14)8-3-9(15)5-10(16)4-8/h3-5,11H,6-7H2,1-2H3,(H,18,19)/t11-/m0/s1.